The van der Waals surface area contributed by atoms with E-state index in [4.69, 9.17) is 4.74 Å². The van der Waals surface area contributed by atoms with Gasteiger partial charge in [0.05, 0.1) is 5.69 Å². The van der Waals surface area contributed by atoms with Crippen LogP contribution in [0.2, 0.25) is 0 Å². The molecule has 25 heavy (non-hydrogen) atoms. The molecule has 0 saturated heterocycles. The van der Waals surface area contributed by atoms with Gasteiger partial charge in [-0.15, -0.1) is 0 Å². The fourth-order valence-corrected chi connectivity index (χ4v) is 3.09. The van der Waals surface area contributed by atoms with E-state index < -0.39 is 0 Å². The number of amides is 1. The van der Waals surface area contributed by atoms with Gasteiger partial charge in [-0.1, -0.05) is 30.3 Å². The molecule has 7 nitrogen and oxygen atoms in total. The minimum atomic E-state index is -0.359. The highest BCUT2D eigenvalue weighted by atomic mass is 16.6. The van der Waals surface area contributed by atoms with E-state index in [1.807, 2.05) is 30.3 Å². The zero-order chi connectivity index (χ0) is 17.2. The predicted octanol–water partition coefficient (Wildman–Crippen LogP) is 1.76. The SMILES string of the molecule is O=C(OCc1ccccc1)N1CCc2nc3cc[nH]n3c(=O)c2CC1. The summed E-state index contributed by atoms with van der Waals surface area (Å²) in [5.41, 5.74) is 2.89. The first kappa shape index (κ1) is 15.4. The number of hydrogen-bond donors (Lipinski definition) is 1. The van der Waals surface area contributed by atoms with Gasteiger partial charge in [-0.2, -0.15) is 0 Å². The molecule has 0 unspecified atom stereocenters. The van der Waals surface area contributed by atoms with Crippen LogP contribution in [0.5, 0.6) is 0 Å². The minimum absolute atomic E-state index is 0.0931. The lowest BCUT2D eigenvalue weighted by molar-refractivity contribution is 0.0977. The maximum atomic E-state index is 12.5. The Bertz CT molecular complexity index is 961. The number of rotatable bonds is 2. The van der Waals surface area contributed by atoms with Crippen molar-refractivity contribution in [2.45, 2.75) is 19.4 Å². The lowest BCUT2D eigenvalue weighted by atomic mass is 10.1. The number of hydrogen-bond acceptors (Lipinski definition) is 4. The summed E-state index contributed by atoms with van der Waals surface area (Å²) >= 11 is 0. The molecular formula is C18H18N4O3. The third-order valence-corrected chi connectivity index (χ3v) is 4.44. The molecule has 1 aliphatic heterocycles. The molecule has 1 amide bonds. The molecule has 0 atom stereocenters. The number of ether oxygens (including phenoxy) is 1. The first-order valence-corrected chi connectivity index (χ1v) is 8.26. The van der Waals surface area contributed by atoms with E-state index in [1.54, 1.807) is 17.2 Å². The van der Waals surface area contributed by atoms with E-state index in [9.17, 15) is 9.59 Å². The molecule has 0 aliphatic carbocycles. The highest BCUT2D eigenvalue weighted by Gasteiger charge is 2.23. The largest absolute Gasteiger partial charge is 0.445 e. The number of carbonyl (C=O) groups excluding carboxylic acids is 1. The summed E-state index contributed by atoms with van der Waals surface area (Å²) in [7, 11) is 0. The van der Waals surface area contributed by atoms with Crippen LogP contribution in [-0.2, 0) is 24.2 Å². The van der Waals surface area contributed by atoms with Gasteiger partial charge < -0.3 is 9.64 Å². The molecule has 3 heterocycles. The smallest absolute Gasteiger partial charge is 0.410 e. The van der Waals surface area contributed by atoms with Crippen molar-refractivity contribution in [1.82, 2.24) is 19.5 Å². The van der Waals surface area contributed by atoms with Gasteiger partial charge in [0.1, 0.15) is 6.61 Å². The highest BCUT2D eigenvalue weighted by Crippen LogP contribution is 2.13. The predicted molar refractivity (Wildman–Crippen MR) is 91.4 cm³/mol. The third-order valence-electron chi connectivity index (χ3n) is 4.44. The number of aromatic amines is 1. The van der Waals surface area contributed by atoms with Crippen molar-refractivity contribution in [3.8, 4) is 0 Å². The Morgan fingerprint density at radius 2 is 1.96 bits per heavy atom. The van der Waals surface area contributed by atoms with Crippen molar-refractivity contribution >= 4 is 11.7 Å². The average molecular weight is 338 g/mol. The van der Waals surface area contributed by atoms with E-state index in [0.717, 1.165) is 11.3 Å². The first-order valence-electron chi connectivity index (χ1n) is 8.26. The summed E-state index contributed by atoms with van der Waals surface area (Å²) in [4.78, 5) is 31.0. The molecule has 0 saturated carbocycles. The van der Waals surface area contributed by atoms with E-state index in [1.165, 1.54) is 4.52 Å². The Labute approximate surface area is 143 Å². The molecule has 4 rings (SSSR count). The van der Waals surface area contributed by atoms with Crippen LogP contribution < -0.4 is 5.56 Å². The van der Waals surface area contributed by atoms with Gasteiger partial charge in [-0.3, -0.25) is 9.89 Å². The zero-order valence-electron chi connectivity index (χ0n) is 13.6. The average Bonchev–Trinajstić information content (AvgIpc) is 3.00. The Kier molecular flexibility index (Phi) is 3.97. The summed E-state index contributed by atoms with van der Waals surface area (Å²) in [6, 6.07) is 11.3. The standard InChI is InChI=1S/C18H18N4O3/c23-17-14-7-10-21(18(24)25-12-13-4-2-1-3-5-13)11-8-15(14)20-16-6-9-19-22(16)17/h1-6,9,19H,7-8,10-12H2. The minimum Gasteiger partial charge on any atom is -0.445 e. The molecule has 128 valence electrons. The second-order valence-electron chi connectivity index (χ2n) is 6.03. The van der Waals surface area contributed by atoms with Crippen LogP contribution in [0.25, 0.3) is 5.65 Å². The maximum absolute atomic E-state index is 12.5. The van der Waals surface area contributed by atoms with Gasteiger partial charge in [0, 0.05) is 37.3 Å². The molecule has 1 aliphatic rings. The van der Waals surface area contributed by atoms with Crippen molar-refractivity contribution in [2.24, 2.45) is 0 Å². The lowest BCUT2D eigenvalue weighted by Gasteiger charge is -2.19. The van der Waals surface area contributed by atoms with Gasteiger partial charge in [0.15, 0.2) is 5.65 Å². The second kappa shape index (κ2) is 6.43. The summed E-state index contributed by atoms with van der Waals surface area (Å²) in [6.45, 7) is 1.19. The van der Waals surface area contributed by atoms with E-state index in [0.29, 0.717) is 37.1 Å². The molecule has 0 spiro atoms. The summed E-state index contributed by atoms with van der Waals surface area (Å²) in [5, 5.41) is 2.87. The maximum Gasteiger partial charge on any atom is 0.410 e. The Morgan fingerprint density at radius 3 is 2.80 bits per heavy atom. The summed E-state index contributed by atoms with van der Waals surface area (Å²) in [5.74, 6) is 0. The van der Waals surface area contributed by atoms with Crippen molar-refractivity contribution in [3.05, 3.63) is 69.8 Å². The van der Waals surface area contributed by atoms with Gasteiger partial charge in [0.2, 0.25) is 0 Å². The molecule has 1 aromatic carbocycles. The van der Waals surface area contributed by atoms with Gasteiger partial charge in [0.25, 0.3) is 5.56 Å². The van der Waals surface area contributed by atoms with Crippen molar-refractivity contribution < 1.29 is 9.53 Å². The van der Waals surface area contributed by atoms with Crippen molar-refractivity contribution in [1.29, 1.82) is 0 Å². The van der Waals surface area contributed by atoms with E-state index >= 15 is 0 Å². The van der Waals surface area contributed by atoms with Crippen LogP contribution in [0.15, 0.2) is 47.4 Å². The fraction of sp³-hybridized carbons (Fsp3) is 0.278. The van der Waals surface area contributed by atoms with Crippen LogP contribution in [0.3, 0.4) is 0 Å². The lowest BCUT2D eigenvalue weighted by Crippen LogP contribution is -2.34. The first-order chi connectivity index (χ1) is 12.2. The number of carbonyl (C=O) groups is 1. The van der Waals surface area contributed by atoms with Crippen LogP contribution in [0, 0.1) is 0 Å². The molecular weight excluding hydrogens is 320 g/mol. The van der Waals surface area contributed by atoms with Crippen LogP contribution in [0.1, 0.15) is 16.8 Å². The Morgan fingerprint density at radius 1 is 1.16 bits per heavy atom. The van der Waals surface area contributed by atoms with Crippen molar-refractivity contribution in [3.63, 3.8) is 0 Å². The van der Waals surface area contributed by atoms with Gasteiger partial charge in [-0.05, 0) is 12.0 Å². The number of benzene rings is 1. The van der Waals surface area contributed by atoms with Gasteiger partial charge in [-0.25, -0.2) is 14.3 Å². The summed E-state index contributed by atoms with van der Waals surface area (Å²) < 4.78 is 6.82. The molecule has 0 radical (unpaired) electrons. The third kappa shape index (κ3) is 3.00. The number of fused-ring (bicyclic) bond motifs is 2. The quantitative estimate of drug-likeness (QED) is 0.772. The zero-order valence-corrected chi connectivity index (χ0v) is 13.6. The summed E-state index contributed by atoms with van der Waals surface area (Å²) in [6.07, 6.45) is 2.36. The molecule has 0 fully saturated rings. The Hall–Kier alpha value is -3.09. The molecule has 0 bridgehead atoms. The molecule has 3 aromatic rings. The van der Waals surface area contributed by atoms with Crippen LogP contribution >= 0.6 is 0 Å². The van der Waals surface area contributed by atoms with E-state index in [2.05, 4.69) is 10.1 Å². The fourth-order valence-electron chi connectivity index (χ4n) is 3.09. The van der Waals surface area contributed by atoms with E-state index in [-0.39, 0.29) is 18.3 Å². The number of nitrogens with zero attached hydrogens (tertiary/aromatic N) is 3. The highest BCUT2D eigenvalue weighted by molar-refractivity contribution is 5.67. The number of nitrogens with one attached hydrogen (secondary N) is 1. The molecule has 2 aromatic heterocycles. The van der Waals surface area contributed by atoms with Crippen molar-refractivity contribution in [2.75, 3.05) is 13.1 Å². The topological polar surface area (TPSA) is 79.7 Å². The van der Waals surface area contributed by atoms with Crippen LogP contribution in [-0.4, -0.2) is 38.7 Å². The molecule has 7 heteroatoms. The number of H-pyrrole nitrogens is 1. The van der Waals surface area contributed by atoms with Gasteiger partial charge >= 0.3 is 6.09 Å². The second-order valence-corrected chi connectivity index (χ2v) is 6.03. The normalized spacial score (nSPS) is 14.2. The Balaban J connectivity index is 1.47. The number of aromatic nitrogens is 3. The monoisotopic (exact) mass is 338 g/mol. The van der Waals surface area contributed by atoms with Crippen LogP contribution in [0.4, 0.5) is 4.79 Å². The molecule has 1 N–H and O–H groups in total.